The van der Waals surface area contributed by atoms with Crippen LogP contribution in [0.3, 0.4) is 0 Å². The zero-order valence-electron chi connectivity index (χ0n) is 8.72. The highest BCUT2D eigenvalue weighted by Crippen LogP contribution is 2.38. The highest BCUT2D eigenvalue weighted by molar-refractivity contribution is 9.07. The standard InChI is InChI=1S/C9H16BrNO2/c1-8(2,6-12)9(3,4)7(13)11(5)10/h6H,1-5H3. The van der Waals surface area contributed by atoms with Crippen molar-refractivity contribution in [3.05, 3.63) is 0 Å². The van der Waals surface area contributed by atoms with E-state index >= 15 is 0 Å². The molecule has 4 heteroatoms. The molecule has 0 unspecified atom stereocenters. The summed E-state index contributed by atoms with van der Waals surface area (Å²) < 4.78 is 1.33. The summed E-state index contributed by atoms with van der Waals surface area (Å²) in [4.78, 5) is 22.5. The third-order valence-corrected chi connectivity index (χ3v) is 3.04. The Hall–Kier alpha value is -0.380. The molecule has 0 bridgehead atoms. The molecular formula is C9H16BrNO2. The lowest BCUT2D eigenvalue weighted by Crippen LogP contribution is -2.45. The van der Waals surface area contributed by atoms with Gasteiger partial charge in [0.25, 0.3) is 0 Å². The first kappa shape index (κ1) is 12.6. The van der Waals surface area contributed by atoms with Gasteiger partial charge in [0.1, 0.15) is 6.29 Å². The quantitative estimate of drug-likeness (QED) is 0.567. The predicted molar refractivity (Wildman–Crippen MR) is 55.3 cm³/mol. The molecule has 0 spiro atoms. The molecule has 0 aromatic rings. The third-order valence-electron chi connectivity index (χ3n) is 2.72. The van der Waals surface area contributed by atoms with E-state index in [4.69, 9.17) is 0 Å². The van der Waals surface area contributed by atoms with E-state index in [-0.39, 0.29) is 5.91 Å². The van der Waals surface area contributed by atoms with Gasteiger partial charge in [-0.2, -0.15) is 0 Å². The third kappa shape index (κ3) is 2.30. The molecule has 13 heavy (non-hydrogen) atoms. The van der Waals surface area contributed by atoms with Crippen LogP contribution >= 0.6 is 16.1 Å². The molecule has 0 aliphatic carbocycles. The van der Waals surface area contributed by atoms with Crippen LogP contribution < -0.4 is 0 Å². The fraction of sp³-hybridized carbons (Fsp3) is 0.778. The van der Waals surface area contributed by atoms with Crippen LogP contribution in [0.5, 0.6) is 0 Å². The van der Waals surface area contributed by atoms with Crippen molar-refractivity contribution < 1.29 is 9.59 Å². The van der Waals surface area contributed by atoms with Gasteiger partial charge in [-0.25, -0.2) is 0 Å². The molecule has 0 heterocycles. The summed E-state index contributed by atoms with van der Waals surface area (Å²) in [5.74, 6) is -0.107. The van der Waals surface area contributed by atoms with Crippen molar-refractivity contribution in [2.75, 3.05) is 7.05 Å². The summed E-state index contributed by atoms with van der Waals surface area (Å²) >= 11 is 3.07. The van der Waals surface area contributed by atoms with Crippen LogP contribution in [0.2, 0.25) is 0 Å². The summed E-state index contributed by atoms with van der Waals surface area (Å²) in [7, 11) is 1.62. The molecule has 1 amide bonds. The molecule has 0 N–H and O–H groups in total. The molecule has 0 fully saturated rings. The van der Waals surface area contributed by atoms with E-state index < -0.39 is 10.8 Å². The molecule has 0 saturated heterocycles. The number of rotatable bonds is 3. The van der Waals surface area contributed by atoms with E-state index in [1.165, 1.54) is 3.93 Å². The van der Waals surface area contributed by atoms with Gasteiger partial charge in [0.15, 0.2) is 0 Å². The molecule has 0 aromatic carbocycles. The maximum Gasteiger partial charge on any atom is 0.238 e. The van der Waals surface area contributed by atoms with Crippen molar-refractivity contribution in [1.29, 1.82) is 0 Å². The van der Waals surface area contributed by atoms with Crippen LogP contribution in [-0.2, 0) is 9.59 Å². The Labute approximate surface area is 87.8 Å². The Morgan fingerprint density at radius 2 is 1.69 bits per heavy atom. The summed E-state index contributed by atoms with van der Waals surface area (Å²) in [6, 6.07) is 0. The number of carbonyl (C=O) groups excluding carboxylic acids is 2. The smallest absolute Gasteiger partial charge is 0.238 e. The second kappa shape index (κ2) is 3.78. The molecule has 0 aliphatic heterocycles. The molecule has 0 rings (SSSR count). The van der Waals surface area contributed by atoms with Gasteiger partial charge < -0.3 is 4.79 Å². The summed E-state index contributed by atoms with van der Waals surface area (Å²) in [5, 5.41) is 0. The van der Waals surface area contributed by atoms with E-state index in [0.717, 1.165) is 6.29 Å². The monoisotopic (exact) mass is 249 g/mol. The number of hydrogen-bond donors (Lipinski definition) is 0. The minimum atomic E-state index is -0.701. The number of carbonyl (C=O) groups is 2. The Morgan fingerprint density at radius 3 is 1.92 bits per heavy atom. The zero-order valence-corrected chi connectivity index (χ0v) is 10.3. The van der Waals surface area contributed by atoms with Gasteiger partial charge in [-0.05, 0) is 0 Å². The molecule has 3 nitrogen and oxygen atoms in total. The van der Waals surface area contributed by atoms with Crippen molar-refractivity contribution in [2.24, 2.45) is 10.8 Å². The highest BCUT2D eigenvalue weighted by Gasteiger charge is 2.44. The van der Waals surface area contributed by atoms with Crippen molar-refractivity contribution in [3.8, 4) is 0 Å². The summed E-state index contributed by atoms with van der Waals surface area (Å²) in [6.07, 6.45) is 0.821. The topological polar surface area (TPSA) is 37.4 Å². The average molecular weight is 250 g/mol. The van der Waals surface area contributed by atoms with Crippen LogP contribution in [0, 0.1) is 10.8 Å². The Bertz CT molecular complexity index is 222. The van der Waals surface area contributed by atoms with Gasteiger partial charge >= 0.3 is 0 Å². The summed E-state index contributed by atoms with van der Waals surface area (Å²) in [6.45, 7) is 7.05. The van der Waals surface area contributed by atoms with Gasteiger partial charge in [0, 0.05) is 12.5 Å². The molecule has 0 radical (unpaired) electrons. The van der Waals surface area contributed by atoms with Gasteiger partial charge in [0.2, 0.25) is 5.91 Å². The first-order valence-electron chi connectivity index (χ1n) is 4.07. The maximum atomic E-state index is 11.7. The number of halogens is 1. The minimum Gasteiger partial charge on any atom is -0.303 e. The molecule has 0 saturated carbocycles. The maximum absolute atomic E-state index is 11.7. The van der Waals surface area contributed by atoms with E-state index in [0.29, 0.717) is 0 Å². The molecule has 0 aromatic heterocycles. The van der Waals surface area contributed by atoms with Gasteiger partial charge in [-0.1, -0.05) is 27.7 Å². The number of amides is 1. The lowest BCUT2D eigenvalue weighted by atomic mass is 9.68. The Balaban J connectivity index is 4.96. The van der Waals surface area contributed by atoms with Gasteiger partial charge in [0.05, 0.1) is 21.6 Å². The van der Waals surface area contributed by atoms with Crippen LogP contribution in [-0.4, -0.2) is 23.2 Å². The number of aldehydes is 1. The first-order valence-corrected chi connectivity index (χ1v) is 4.78. The van der Waals surface area contributed by atoms with Crippen LogP contribution in [0.4, 0.5) is 0 Å². The van der Waals surface area contributed by atoms with Crippen molar-refractivity contribution >= 4 is 28.3 Å². The van der Waals surface area contributed by atoms with Crippen molar-refractivity contribution in [2.45, 2.75) is 27.7 Å². The molecular weight excluding hydrogens is 234 g/mol. The van der Waals surface area contributed by atoms with Gasteiger partial charge in [-0.3, -0.25) is 8.72 Å². The highest BCUT2D eigenvalue weighted by atomic mass is 79.9. The lowest BCUT2D eigenvalue weighted by Gasteiger charge is -2.36. The zero-order chi connectivity index (χ0) is 10.9. The first-order chi connectivity index (χ1) is 5.66. The largest absolute Gasteiger partial charge is 0.303 e. The molecule has 76 valence electrons. The van der Waals surface area contributed by atoms with E-state index in [1.807, 2.05) is 0 Å². The molecule has 0 aliphatic rings. The van der Waals surface area contributed by atoms with Crippen LogP contribution in [0.15, 0.2) is 0 Å². The lowest BCUT2D eigenvalue weighted by molar-refractivity contribution is -0.143. The fourth-order valence-electron chi connectivity index (χ4n) is 0.808. The molecule has 0 atom stereocenters. The second-order valence-electron chi connectivity index (χ2n) is 4.25. The second-order valence-corrected chi connectivity index (χ2v) is 5.31. The van der Waals surface area contributed by atoms with Crippen molar-refractivity contribution in [3.63, 3.8) is 0 Å². The SMILES string of the molecule is CN(Br)C(=O)C(C)(C)C(C)(C)C=O. The van der Waals surface area contributed by atoms with E-state index in [1.54, 1.807) is 34.7 Å². The number of nitrogens with zero attached hydrogens (tertiary/aromatic N) is 1. The van der Waals surface area contributed by atoms with E-state index in [9.17, 15) is 9.59 Å². The Morgan fingerprint density at radius 1 is 1.31 bits per heavy atom. The normalized spacial score (nSPS) is 12.5. The van der Waals surface area contributed by atoms with E-state index in [2.05, 4.69) is 16.1 Å². The minimum absolute atomic E-state index is 0.107. The fourth-order valence-corrected chi connectivity index (χ4v) is 1.25. The van der Waals surface area contributed by atoms with Crippen molar-refractivity contribution in [1.82, 2.24) is 3.93 Å². The average Bonchev–Trinajstić information content (AvgIpc) is 2.02. The summed E-state index contributed by atoms with van der Waals surface area (Å²) in [5.41, 5.74) is -1.36. The van der Waals surface area contributed by atoms with Crippen LogP contribution in [0.25, 0.3) is 0 Å². The van der Waals surface area contributed by atoms with Crippen LogP contribution in [0.1, 0.15) is 27.7 Å². The predicted octanol–water partition coefficient (Wildman–Crippen LogP) is 2.01. The van der Waals surface area contributed by atoms with Gasteiger partial charge in [-0.15, -0.1) is 0 Å². The Kier molecular flexibility index (Phi) is 3.67. The number of hydrogen-bond acceptors (Lipinski definition) is 2.